The summed E-state index contributed by atoms with van der Waals surface area (Å²) in [6.45, 7) is 0. The Morgan fingerprint density at radius 3 is 1.88 bits per heavy atom. The summed E-state index contributed by atoms with van der Waals surface area (Å²) in [7, 11) is 0. The Hall–Kier alpha value is -0.890. The van der Waals surface area contributed by atoms with Crippen molar-refractivity contribution in [1.82, 2.24) is 0 Å². The van der Waals surface area contributed by atoms with Crippen LogP contribution in [0.15, 0.2) is 0 Å². The van der Waals surface area contributed by atoms with Crippen LogP contribution in [0.5, 0.6) is 0 Å². The Morgan fingerprint density at radius 2 is 1.38 bits per heavy atom. The lowest BCUT2D eigenvalue weighted by molar-refractivity contribution is -0.716. The smallest absolute Gasteiger partial charge is 0.224 e. The summed E-state index contributed by atoms with van der Waals surface area (Å²) < 4.78 is 0. The van der Waals surface area contributed by atoms with Crippen LogP contribution in [0.1, 0.15) is 0 Å². The van der Waals surface area contributed by atoms with Crippen LogP contribution in [0.25, 0.3) is 0 Å². The minimum atomic E-state index is -1.22. The quantitative estimate of drug-likeness (QED) is 0.413. The third-order valence-electron chi connectivity index (χ3n) is 0.287. The number of carbonyl (C=O) groups is 1. The molecule has 1 heterocycles. The van der Waals surface area contributed by atoms with Gasteiger partial charge in [0.05, 0.1) is 0 Å². The molecule has 0 radical (unpaired) electrons. The second kappa shape index (κ2) is 2.43. The summed E-state index contributed by atoms with van der Waals surface area (Å²) in [6, 6.07) is 0. The molecule has 8 heavy (non-hydrogen) atoms. The highest BCUT2D eigenvalue weighted by Crippen LogP contribution is 1.96. The van der Waals surface area contributed by atoms with E-state index in [0.717, 1.165) is 0 Å². The topological polar surface area (TPSA) is 72.5 Å². The molecule has 0 bridgehead atoms. The van der Waals surface area contributed by atoms with E-state index in [1.54, 1.807) is 0 Å². The van der Waals surface area contributed by atoms with E-state index in [-0.39, 0.29) is 0 Å². The Kier molecular flexibility index (Phi) is 1.59. The van der Waals surface area contributed by atoms with Gasteiger partial charge in [0.25, 0.3) is 0 Å². The van der Waals surface area contributed by atoms with E-state index < -0.39 is 6.16 Å². The molecular weight excluding hydrogens is 124 g/mol. The Balaban J connectivity index is 2.27. The van der Waals surface area contributed by atoms with Gasteiger partial charge in [-0.05, 0) is 0 Å². The van der Waals surface area contributed by atoms with Crippen molar-refractivity contribution in [3.8, 4) is 0 Å². The van der Waals surface area contributed by atoms with Gasteiger partial charge in [0.15, 0.2) is 0 Å². The Labute approximate surface area is 42.2 Å². The maximum Gasteiger partial charge on any atom is 0.577 e. The van der Waals surface area contributed by atoms with E-state index in [1.165, 1.54) is 0 Å². The molecule has 0 spiro atoms. The Morgan fingerprint density at radius 1 is 0.875 bits per heavy atom. The van der Waals surface area contributed by atoms with Crippen LogP contribution in [0.3, 0.4) is 0 Å². The van der Waals surface area contributed by atoms with E-state index in [0.29, 0.717) is 0 Å². The van der Waals surface area contributed by atoms with Gasteiger partial charge in [0.2, 0.25) is 0 Å². The molecule has 1 rings (SSSR count). The first-order chi connectivity index (χ1) is 3.89. The van der Waals surface area contributed by atoms with Crippen molar-refractivity contribution >= 4 is 6.16 Å². The lowest BCUT2D eigenvalue weighted by Crippen LogP contribution is -2.00. The fourth-order valence-electron chi connectivity index (χ4n) is 0.120. The van der Waals surface area contributed by atoms with E-state index >= 15 is 0 Å². The standard InChI is InChI=1S/CO7/c2-1-3-5-7-8-6-4-1. The van der Waals surface area contributed by atoms with Gasteiger partial charge in [0, 0.05) is 20.2 Å². The van der Waals surface area contributed by atoms with Crippen molar-refractivity contribution < 1.29 is 34.7 Å². The zero-order valence-corrected chi connectivity index (χ0v) is 3.36. The van der Waals surface area contributed by atoms with Crippen molar-refractivity contribution in [3.63, 3.8) is 0 Å². The number of carbonyl (C=O) groups excluding carboxylic acids is 1. The molecule has 1 aliphatic heterocycles. The van der Waals surface area contributed by atoms with Crippen LogP contribution < -0.4 is 0 Å². The molecule has 0 saturated carbocycles. The van der Waals surface area contributed by atoms with Gasteiger partial charge in [-0.2, -0.15) is 4.79 Å². The molecule has 0 amide bonds. The van der Waals surface area contributed by atoms with E-state index in [4.69, 9.17) is 0 Å². The summed E-state index contributed by atoms with van der Waals surface area (Å²) in [5.41, 5.74) is 0. The second-order valence-electron chi connectivity index (χ2n) is 0.689. The van der Waals surface area contributed by atoms with Gasteiger partial charge in [-0.3, -0.25) is 0 Å². The molecular formula is CO7. The van der Waals surface area contributed by atoms with Crippen LogP contribution in [0.4, 0.5) is 4.79 Å². The third kappa shape index (κ3) is 1.31. The molecule has 0 unspecified atom stereocenters. The largest absolute Gasteiger partial charge is 0.577 e. The molecule has 0 aromatic heterocycles. The van der Waals surface area contributed by atoms with Crippen molar-refractivity contribution in [2.24, 2.45) is 0 Å². The van der Waals surface area contributed by atoms with Crippen LogP contribution in [0.2, 0.25) is 0 Å². The van der Waals surface area contributed by atoms with Crippen molar-refractivity contribution in [1.29, 1.82) is 0 Å². The monoisotopic (exact) mass is 124 g/mol. The number of hydrogen-bond acceptors (Lipinski definition) is 7. The molecule has 1 fully saturated rings. The average Bonchev–Trinajstić information content (AvgIpc) is 1.94. The summed E-state index contributed by atoms with van der Waals surface area (Å²) in [4.78, 5) is 17.0. The normalized spacial score (nSPS) is 20.8. The zero-order valence-electron chi connectivity index (χ0n) is 3.36. The first-order valence-electron chi connectivity index (χ1n) is 1.45. The summed E-state index contributed by atoms with van der Waals surface area (Å²) in [5.74, 6) is 0. The first kappa shape index (κ1) is 5.25. The molecule has 0 atom stereocenters. The van der Waals surface area contributed by atoms with Crippen LogP contribution in [0, 0.1) is 0 Å². The molecule has 46 valence electrons. The number of rotatable bonds is 0. The van der Waals surface area contributed by atoms with Crippen molar-refractivity contribution in [3.05, 3.63) is 0 Å². The average molecular weight is 124 g/mol. The highest BCUT2D eigenvalue weighted by atomic mass is 17.9. The van der Waals surface area contributed by atoms with Gasteiger partial charge in [-0.25, -0.2) is 9.78 Å². The predicted molar refractivity (Wildman–Crippen MR) is 11.9 cm³/mol. The maximum absolute atomic E-state index is 9.83. The Bertz CT molecular complexity index is 76.4. The van der Waals surface area contributed by atoms with Crippen LogP contribution in [-0.4, -0.2) is 6.16 Å². The molecule has 1 saturated heterocycles. The van der Waals surface area contributed by atoms with Crippen LogP contribution in [-0.2, 0) is 29.9 Å². The SMILES string of the molecule is O=C1OOOOOO1. The molecule has 0 aromatic rings. The van der Waals surface area contributed by atoms with Gasteiger partial charge < -0.3 is 0 Å². The minimum absolute atomic E-state index is 1.22. The van der Waals surface area contributed by atoms with E-state index in [9.17, 15) is 4.79 Å². The summed E-state index contributed by atoms with van der Waals surface area (Å²) in [5, 5.41) is 13.9. The predicted octanol–water partition coefficient (Wildman–Crippen LogP) is -0.205. The lowest BCUT2D eigenvalue weighted by atomic mass is 11.4. The maximum atomic E-state index is 9.83. The summed E-state index contributed by atoms with van der Waals surface area (Å²) in [6.07, 6.45) is -1.22. The van der Waals surface area contributed by atoms with Gasteiger partial charge in [-0.1, -0.05) is 0 Å². The second-order valence-corrected chi connectivity index (χ2v) is 0.689. The van der Waals surface area contributed by atoms with Gasteiger partial charge in [-0.15, -0.1) is 0 Å². The van der Waals surface area contributed by atoms with E-state index in [1.807, 2.05) is 0 Å². The minimum Gasteiger partial charge on any atom is -0.224 e. The molecule has 7 nitrogen and oxygen atoms in total. The first-order valence-corrected chi connectivity index (χ1v) is 1.45. The van der Waals surface area contributed by atoms with Gasteiger partial charge in [0.1, 0.15) is 0 Å². The highest BCUT2D eigenvalue weighted by Gasteiger charge is 2.12. The highest BCUT2D eigenvalue weighted by molar-refractivity contribution is 5.57. The zero-order chi connectivity index (χ0) is 5.82. The van der Waals surface area contributed by atoms with Crippen molar-refractivity contribution in [2.75, 3.05) is 0 Å². The fourth-order valence-corrected chi connectivity index (χ4v) is 0.120. The third-order valence-corrected chi connectivity index (χ3v) is 0.287. The molecule has 0 aliphatic carbocycles. The summed E-state index contributed by atoms with van der Waals surface area (Å²) >= 11 is 0. The molecule has 0 aromatic carbocycles. The fraction of sp³-hybridized carbons (Fsp3) is 0. The van der Waals surface area contributed by atoms with Gasteiger partial charge >= 0.3 is 6.16 Å². The molecule has 0 N–H and O–H groups in total. The lowest BCUT2D eigenvalue weighted by Gasteiger charge is -1.83. The van der Waals surface area contributed by atoms with Crippen LogP contribution >= 0.6 is 0 Å². The van der Waals surface area contributed by atoms with Crippen molar-refractivity contribution in [2.45, 2.75) is 0 Å². The molecule has 7 heteroatoms. The van der Waals surface area contributed by atoms with E-state index in [2.05, 4.69) is 29.9 Å². The molecule has 1 aliphatic rings. The number of hydrogen-bond donors (Lipinski definition) is 0.